The molecule has 2 saturated heterocycles. The van der Waals surface area contributed by atoms with Crippen LogP contribution in [0.4, 0.5) is 4.79 Å². The summed E-state index contributed by atoms with van der Waals surface area (Å²) in [4.78, 5) is 26.1. The molecule has 0 aromatic rings. The maximum Gasteiger partial charge on any atom is 0.410 e. The molecule has 0 aromatic heterocycles. The fraction of sp³-hybridized carbons (Fsp3) is 0.579. The van der Waals surface area contributed by atoms with Gasteiger partial charge in [-0.25, -0.2) is 4.79 Å². The van der Waals surface area contributed by atoms with Crippen molar-refractivity contribution in [2.75, 3.05) is 5.88 Å². The molecule has 6 nitrogen and oxygen atoms in total. The van der Waals surface area contributed by atoms with Crippen molar-refractivity contribution in [3.05, 3.63) is 35.2 Å². The van der Waals surface area contributed by atoms with E-state index in [4.69, 9.17) is 33.7 Å². The normalized spacial score (nSPS) is 25.5. The van der Waals surface area contributed by atoms with Crippen molar-refractivity contribution in [2.45, 2.75) is 57.7 Å². The van der Waals surface area contributed by atoms with Gasteiger partial charge in [0.15, 0.2) is 0 Å². The van der Waals surface area contributed by atoms with Gasteiger partial charge in [-0.3, -0.25) is 4.79 Å². The summed E-state index contributed by atoms with van der Waals surface area (Å²) in [5, 5.41) is 2.80. The van der Waals surface area contributed by atoms with Gasteiger partial charge in [0.05, 0.1) is 10.7 Å². The quantitative estimate of drug-likeness (QED) is 0.530. The Kier molecular flexibility index (Phi) is 6.87. The van der Waals surface area contributed by atoms with E-state index in [1.165, 1.54) is 6.20 Å². The molecule has 2 aliphatic rings. The van der Waals surface area contributed by atoms with Gasteiger partial charge in [0.2, 0.25) is 5.91 Å². The number of nitrogens with one attached hydrogen (secondary N) is 1. The molecule has 0 spiro atoms. The van der Waals surface area contributed by atoms with E-state index in [1.54, 1.807) is 6.08 Å². The number of allylic oxidation sites excluding steroid dienone is 2. The maximum absolute atomic E-state index is 12.6. The van der Waals surface area contributed by atoms with E-state index in [9.17, 15) is 9.59 Å². The van der Waals surface area contributed by atoms with Crippen molar-refractivity contribution in [3.63, 3.8) is 0 Å². The lowest BCUT2D eigenvalue weighted by molar-refractivity contribution is -0.117. The molecule has 0 aliphatic carbocycles. The summed E-state index contributed by atoms with van der Waals surface area (Å²) in [6.45, 7) is 9.24. The Hall–Kier alpha value is -1.66. The molecule has 2 amide bonds. The van der Waals surface area contributed by atoms with Gasteiger partial charge < -0.3 is 20.7 Å². The van der Waals surface area contributed by atoms with Crippen LogP contribution in [-0.4, -0.2) is 40.5 Å². The van der Waals surface area contributed by atoms with Gasteiger partial charge in [-0.2, -0.15) is 0 Å². The van der Waals surface area contributed by atoms with Gasteiger partial charge in [-0.05, 0) is 57.9 Å². The largest absolute Gasteiger partial charge is 0.444 e. The Morgan fingerprint density at radius 2 is 2.04 bits per heavy atom. The first-order valence-corrected chi connectivity index (χ1v) is 9.84. The summed E-state index contributed by atoms with van der Waals surface area (Å²) in [7, 11) is 0. The van der Waals surface area contributed by atoms with Crippen LogP contribution in [0.3, 0.4) is 0 Å². The van der Waals surface area contributed by atoms with Crippen LogP contribution in [0.15, 0.2) is 35.2 Å². The van der Waals surface area contributed by atoms with Crippen LogP contribution in [0.2, 0.25) is 0 Å². The maximum atomic E-state index is 12.6. The first-order chi connectivity index (χ1) is 12.6. The Labute approximate surface area is 170 Å². The number of carbonyl (C=O) groups is 2. The Morgan fingerprint density at radius 3 is 2.56 bits per heavy atom. The number of rotatable bonds is 5. The number of ether oxygens (including phenoxy) is 1. The van der Waals surface area contributed by atoms with Crippen LogP contribution in [-0.2, 0) is 9.53 Å². The van der Waals surface area contributed by atoms with Crippen LogP contribution < -0.4 is 11.1 Å². The molecule has 0 saturated carbocycles. The molecule has 2 rings (SSSR count). The smallest absolute Gasteiger partial charge is 0.410 e. The predicted molar refractivity (Wildman–Crippen MR) is 107 cm³/mol. The molecule has 2 aliphatic heterocycles. The lowest BCUT2D eigenvalue weighted by Crippen LogP contribution is -2.40. The summed E-state index contributed by atoms with van der Waals surface area (Å²) in [6, 6.07) is 0.128. The molecule has 0 radical (unpaired) electrons. The van der Waals surface area contributed by atoms with Crippen molar-refractivity contribution in [3.8, 4) is 0 Å². The molecule has 2 bridgehead atoms. The zero-order valence-corrected chi connectivity index (χ0v) is 17.4. The third-order valence-corrected chi connectivity index (χ3v) is 5.21. The van der Waals surface area contributed by atoms with Crippen molar-refractivity contribution in [1.82, 2.24) is 10.2 Å². The highest BCUT2D eigenvalue weighted by Gasteiger charge is 2.50. The average Bonchev–Trinajstić information content (AvgIpc) is 3.14. The van der Waals surface area contributed by atoms with Crippen LogP contribution in [0.1, 0.15) is 40.0 Å². The van der Waals surface area contributed by atoms with E-state index in [2.05, 4.69) is 11.9 Å². The number of fused-ring (bicyclic) bond motifs is 2. The summed E-state index contributed by atoms with van der Waals surface area (Å²) < 4.78 is 5.56. The molecule has 0 aromatic carbocycles. The number of alkyl halides is 1. The van der Waals surface area contributed by atoms with E-state index in [1.807, 2.05) is 25.7 Å². The van der Waals surface area contributed by atoms with E-state index >= 15 is 0 Å². The zero-order chi connectivity index (χ0) is 20.4. The van der Waals surface area contributed by atoms with E-state index in [0.717, 1.165) is 24.8 Å². The summed E-state index contributed by atoms with van der Waals surface area (Å²) in [6.07, 6.45) is 5.51. The number of carbonyl (C=O) groups excluding carboxylic acids is 2. The summed E-state index contributed by atoms with van der Waals surface area (Å²) >= 11 is 11.6. The molecular formula is C19H27Cl2N3O3. The first-order valence-electron chi connectivity index (χ1n) is 8.92. The Balaban J connectivity index is 2.21. The van der Waals surface area contributed by atoms with Crippen molar-refractivity contribution in [1.29, 1.82) is 0 Å². The second kappa shape index (κ2) is 8.57. The molecule has 8 heteroatoms. The third-order valence-electron chi connectivity index (χ3n) is 4.76. The van der Waals surface area contributed by atoms with Crippen molar-refractivity contribution < 1.29 is 14.3 Å². The van der Waals surface area contributed by atoms with Crippen molar-refractivity contribution in [2.24, 2.45) is 11.7 Å². The molecular weight excluding hydrogens is 389 g/mol. The minimum atomic E-state index is -0.545. The Morgan fingerprint density at radius 1 is 1.37 bits per heavy atom. The monoisotopic (exact) mass is 415 g/mol. The summed E-state index contributed by atoms with van der Waals surface area (Å²) in [5.74, 6) is -0.534. The highest BCUT2D eigenvalue weighted by Crippen LogP contribution is 2.45. The number of nitrogens with zero attached hydrogens (tertiary/aromatic N) is 1. The molecule has 3 N–H and O–H groups in total. The molecule has 3 atom stereocenters. The van der Waals surface area contributed by atoms with E-state index in [-0.39, 0.29) is 40.9 Å². The number of halogens is 2. The van der Waals surface area contributed by atoms with Crippen LogP contribution in [0, 0.1) is 5.92 Å². The first kappa shape index (κ1) is 21.6. The number of amides is 2. The lowest BCUT2D eigenvalue weighted by atomic mass is 9.83. The molecule has 150 valence electrons. The van der Waals surface area contributed by atoms with Gasteiger partial charge >= 0.3 is 6.09 Å². The third kappa shape index (κ3) is 5.20. The number of hydrogen-bond donors (Lipinski definition) is 2. The van der Waals surface area contributed by atoms with Crippen molar-refractivity contribution >= 4 is 35.2 Å². The number of hydrogen-bond acceptors (Lipinski definition) is 4. The predicted octanol–water partition coefficient (Wildman–Crippen LogP) is 3.61. The number of nitrogens with two attached hydrogens (primary N) is 1. The summed E-state index contributed by atoms with van der Waals surface area (Å²) in [5.41, 5.74) is 6.47. The minimum absolute atomic E-state index is 0.00414. The van der Waals surface area contributed by atoms with Gasteiger partial charge in [-0.1, -0.05) is 18.2 Å². The zero-order valence-electron chi connectivity index (χ0n) is 15.9. The molecule has 2 heterocycles. The molecule has 2 unspecified atom stereocenters. The highest BCUT2D eigenvalue weighted by atomic mass is 35.5. The van der Waals surface area contributed by atoms with E-state index < -0.39 is 5.60 Å². The fourth-order valence-corrected chi connectivity index (χ4v) is 3.93. The van der Waals surface area contributed by atoms with Crippen LogP contribution in [0.5, 0.6) is 0 Å². The van der Waals surface area contributed by atoms with Gasteiger partial charge in [0.25, 0.3) is 0 Å². The highest BCUT2D eigenvalue weighted by molar-refractivity contribution is 6.32. The van der Waals surface area contributed by atoms with Crippen LogP contribution in [0.25, 0.3) is 0 Å². The van der Waals surface area contributed by atoms with Gasteiger partial charge in [0.1, 0.15) is 11.5 Å². The molecule has 27 heavy (non-hydrogen) atoms. The van der Waals surface area contributed by atoms with E-state index in [0.29, 0.717) is 5.70 Å². The topological polar surface area (TPSA) is 84.7 Å². The SMILES string of the molecule is C=C(Cl)/C(=C\C(=C/N)[C@H]1CC2CCC1N2C(=O)OC(C)(C)C)NC(=O)CCl. The fourth-order valence-electron chi connectivity index (χ4n) is 3.76. The lowest BCUT2D eigenvalue weighted by Gasteiger charge is -2.28. The second-order valence-electron chi connectivity index (χ2n) is 7.84. The standard InChI is InChI=1S/C19H27Cl2N3O3/c1-11(21)15(23-17(25)9-20)7-12(10-22)14-8-13-5-6-16(14)24(13)18(26)27-19(2,3)4/h7,10,13-14,16H,1,5-6,8-9,22H2,2-4H3,(H,23,25)/b12-10+,15-7+/t13?,14-,16?/m1/s1. The average molecular weight is 416 g/mol. The molecule has 2 fully saturated rings. The van der Waals surface area contributed by atoms with Crippen LogP contribution >= 0.6 is 23.2 Å². The van der Waals surface area contributed by atoms with Gasteiger partial charge in [-0.15, -0.1) is 11.6 Å². The second-order valence-corrected chi connectivity index (χ2v) is 8.56. The Bertz CT molecular complexity index is 682. The minimum Gasteiger partial charge on any atom is -0.444 e. The van der Waals surface area contributed by atoms with Gasteiger partial charge in [0, 0.05) is 18.0 Å².